The van der Waals surface area contributed by atoms with Gasteiger partial charge in [-0.3, -0.25) is 9.59 Å². The average molecular weight is 400 g/mol. The number of nitrogens with one attached hydrogen (secondary N) is 1. The Labute approximate surface area is 171 Å². The molecule has 0 unspecified atom stereocenters. The van der Waals surface area contributed by atoms with E-state index in [-0.39, 0.29) is 24.8 Å². The molecule has 1 atom stereocenters. The Morgan fingerprint density at radius 3 is 2.45 bits per heavy atom. The first-order chi connectivity index (χ1) is 13.6. The first-order valence-corrected chi connectivity index (χ1v) is 9.61. The standard InChI is InChI=1S/C23H29FN2O3/c1-16-9-8-10-18(13-16)14-26(17(2)22(28)25-23(3,4)5)21(27)15-29-20-12-7-6-11-19(20)24/h6-13,17H,14-15H2,1-5H3,(H,25,28)/t17-/m1/s1. The number of carbonyl (C=O) groups is 2. The SMILES string of the molecule is Cc1cccc(CN(C(=O)COc2ccccc2F)[C@H](C)C(=O)NC(C)(C)C)c1. The van der Waals surface area contributed by atoms with Crippen LogP contribution in [0.25, 0.3) is 0 Å². The third kappa shape index (κ3) is 6.89. The molecule has 1 N–H and O–H groups in total. The highest BCUT2D eigenvalue weighted by molar-refractivity contribution is 5.88. The van der Waals surface area contributed by atoms with E-state index in [2.05, 4.69) is 5.32 Å². The summed E-state index contributed by atoms with van der Waals surface area (Å²) in [5, 5.41) is 2.90. The zero-order valence-corrected chi connectivity index (χ0v) is 17.7. The molecule has 0 aliphatic rings. The Hall–Kier alpha value is -2.89. The van der Waals surface area contributed by atoms with Crippen LogP contribution in [0.1, 0.15) is 38.8 Å². The molecule has 0 fully saturated rings. The molecule has 0 saturated carbocycles. The van der Waals surface area contributed by atoms with Crippen molar-refractivity contribution in [2.24, 2.45) is 0 Å². The molecule has 6 heteroatoms. The molecule has 2 rings (SSSR count). The molecule has 0 heterocycles. The number of nitrogens with zero attached hydrogens (tertiary/aromatic N) is 1. The summed E-state index contributed by atoms with van der Waals surface area (Å²) < 4.78 is 19.2. The molecular weight excluding hydrogens is 371 g/mol. The predicted octanol–water partition coefficient (Wildman–Crippen LogP) is 3.84. The van der Waals surface area contributed by atoms with Gasteiger partial charge in [-0.1, -0.05) is 42.0 Å². The number of ether oxygens (including phenoxy) is 1. The molecule has 29 heavy (non-hydrogen) atoms. The summed E-state index contributed by atoms with van der Waals surface area (Å²) in [5.74, 6) is -1.19. The van der Waals surface area contributed by atoms with E-state index in [1.165, 1.54) is 17.0 Å². The van der Waals surface area contributed by atoms with Crippen molar-refractivity contribution in [1.29, 1.82) is 0 Å². The van der Waals surface area contributed by atoms with Crippen LogP contribution in [-0.2, 0) is 16.1 Å². The molecule has 2 amide bonds. The highest BCUT2D eigenvalue weighted by atomic mass is 19.1. The second-order valence-corrected chi connectivity index (χ2v) is 8.15. The number of carbonyl (C=O) groups excluding carboxylic acids is 2. The van der Waals surface area contributed by atoms with Crippen molar-refractivity contribution < 1.29 is 18.7 Å². The molecule has 5 nitrogen and oxygen atoms in total. The summed E-state index contributed by atoms with van der Waals surface area (Å²) in [6.07, 6.45) is 0. The summed E-state index contributed by atoms with van der Waals surface area (Å²) in [6, 6.07) is 12.9. The first kappa shape index (κ1) is 22.4. The summed E-state index contributed by atoms with van der Waals surface area (Å²) in [5.41, 5.74) is 1.54. The zero-order valence-electron chi connectivity index (χ0n) is 17.7. The summed E-state index contributed by atoms with van der Waals surface area (Å²) in [4.78, 5) is 27.1. The van der Waals surface area contributed by atoms with Crippen LogP contribution in [0.15, 0.2) is 48.5 Å². The fourth-order valence-corrected chi connectivity index (χ4v) is 2.85. The molecule has 0 aliphatic carbocycles. The molecule has 0 spiro atoms. The van der Waals surface area contributed by atoms with Gasteiger partial charge in [-0.05, 0) is 52.3 Å². The molecule has 2 aromatic rings. The van der Waals surface area contributed by atoms with Gasteiger partial charge in [0, 0.05) is 12.1 Å². The van der Waals surface area contributed by atoms with Crippen molar-refractivity contribution in [2.75, 3.05) is 6.61 Å². The van der Waals surface area contributed by atoms with Gasteiger partial charge in [0.2, 0.25) is 5.91 Å². The zero-order chi connectivity index (χ0) is 21.6. The normalized spacial score (nSPS) is 12.2. The number of rotatable bonds is 7. The van der Waals surface area contributed by atoms with E-state index in [4.69, 9.17) is 4.74 Å². The Balaban J connectivity index is 2.19. The molecule has 0 aliphatic heterocycles. The highest BCUT2D eigenvalue weighted by Gasteiger charge is 2.28. The van der Waals surface area contributed by atoms with Gasteiger partial charge in [0.15, 0.2) is 18.2 Å². The topological polar surface area (TPSA) is 58.6 Å². The third-order valence-corrected chi connectivity index (χ3v) is 4.29. The van der Waals surface area contributed by atoms with Crippen molar-refractivity contribution in [3.63, 3.8) is 0 Å². The smallest absolute Gasteiger partial charge is 0.261 e. The minimum absolute atomic E-state index is 0.00292. The van der Waals surface area contributed by atoms with Crippen LogP contribution >= 0.6 is 0 Å². The Morgan fingerprint density at radius 1 is 1.14 bits per heavy atom. The number of aryl methyl sites for hydroxylation is 1. The van der Waals surface area contributed by atoms with Crippen molar-refractivity contribution >= 4 is 11.8 Å². The van der Waals surface area contributed by atoms with Crippen LogP contribution < -0.4 is 10.1 Å². The van der Waals surface area contributed by atoms with Crippen LogP contribution in [0.4, 0.5) is 4.39 Å². The quantitative estimate of drug-likeness (QED) is 0.768. The van der Waals surface area contributed by atoms with Crippen molar-refractivity contribution in [3.05, 3.63) is 65.5 Å². The molecule has 0 radical (unpaired) electrons. The minimum atomic E-state index is -0.716. The molecule has 0 bridgehead atoms. The van der Waals surface area contributed by atoms with Crippen LogP contribution in [-0.4, -0.2) is 34.9 Å². The van der Waals surface area contributed by atoms with Crippen molar-refractivity contribution in [1.82, 2.24) is 10.2 Å². The van der Waals surface area contributed by atoms with Gasteiger partial charge < -0.3 is 15.0 Å². The van der Waals surface area contributed by atoms with Crippen molar-refractivity contribution in [2.45, 2.75) is 52.7 Å². The van der Waals surface area contributed by atoms with Gasteiger partial charge in [-0.2, -0.15) is 0 Å². The van der Waals surface area contributed by atoms with E-state index in [1.54, 1.807) is 19.1 Å². The van der Waals surface area contributed by atoms with Gasteiger partial charge in [0.25, 0.3) is 5.91 Å². The molecule has 156 valence electrons. The van der Waals surface area contributed by atoms with Gasteiger partial charge in [-0.25, -0.2) is 4.39 Å². The molecule has 0 aromatic heterocycles. The van der Waals surface area contributed by atoms with Crippen LogP contribution in [0.2, 0.25) is 0 Å². The monoisotopic (exact) mass is 400 g/mol. The second kappa shape index (κ2) is 9.54. The maximum Gasteiger partial charge on any atom is 0.261 e. The minimum Gasteiger partial charge on any atom is -0.481 e. The van der Waals surface area contributed by atoms with Gasteiger partial charge in [0.1, 0.15) is 6.04 Å². The fraction of sp³-hybridized carbons (Fsp3) is 0.391. The maximum atomic E-state index is 13.8. The Morgan fingerprint density at radius 2 is 1.83 bits per heavy atom. The molecule has 2 aromatic carbocycles. The molecule has 0 saturated heterocycles. The van der Waals surface area contributed by atoms with E-state index in [0.29, 0.717) is 0 Å². The van der Waals surface area contributed by atoms with Gasteiger partial charge in [-0.15, -0.1) is 0 Å². The Kier molecular flexibility index (Phi) is 7.37. The maximum absolute atomic E-state index is 13.8. The lowest BCUT2D eigenvalue weighted by Gasteiger charge is -2.31. The lowest BCUT2D eigenvalue weighted by atomic mass is 10.1. The number of hydrogen-bond acceptors (Lipinski definition) is 3. The Bertz CT molecular complexity index is 861. The average Bonchev–Trinajstić information content (AvgIpc) is 2.63. The van der Waals surface area contributed by atoms with E-state index < -0.39 is 23.3 Å². The number of para-hydroxylation sites is 1. The van der Waals surface area contributed by atoms with Crippen LogP contribution in [0.5, 0.6) is 5.75 Å². The number of halogens is 1. The molecular formula is C23H29FN2O3. The number of benzene rings is 2. The highest BCUT2D eigenvalue weighted by Crippen LogP contribution is 2.17. The summed E-state index contributed by atoms with van der Waals surface area (Å²) in [7, 11) is 0. The first-order valence-electron chi connectivity index (χ1n) is 9.61. The van der Waals surface area contributed by atoms with Crippen LogP contribution in [0, 0.1) is 12.7 Å². The van der Waals surface area contributed by atoms with Crippen LogP contribution in [0.3, 0.4) is 0 Å². The van der Waals surface area contributed by atoms with Gasteiger partial charge in [0.05, 0.1) is 0 Å². The second-order valence-electron chi connectivity index (χ2n) is 8.15. The lowest BCUT2D eigenvalue weighted by Crippen LogP contribution is -2.53. The number of amides is 2. The van der Waals surface area contributed by atoms with E-state index >= 15 is 0 Å². The summed E-state index contributed by atoms with van der Waals surface area (Å²) in [6.45, 7) is 9.17. The summed E-state index contributed by atoms with van der Waals surface area (Å²) >= 11 is 0. The lowest BCUT2D eigenvalue weighted by molar-refractivity contribution is -0.142. The number of hydrogen-bond donors (Lipinski definition) is 1. The van der Waals surface area contributed by atoms with Gasteiger partial charge >= 0.3 is 0 Å². The van der Waals surface area contributed by atoms with E-state index in [9.17, 15) is 14.0 Å². The third-order valence-electron chi connectivity index (χ3n) is 4.29. The van der Waals surface area contributed by atoms with E-state index in [1.807, 2.05) is 52.0 Å². The van der Waals surface area contributed by atoms with Crippen molar-refractivity contribution in [3.8, 4) is 5.75 Å². The predicted molar refractivity (Wildman–Crippen MR) is 111 cm³/mol. The fourth-order valence-electron chi connectivity index (χ4n) is 2.85. The largest absolute Gasteiger partial charge is 0.481 e. The van der Waals surface area contributed by atoms with E-state index in [0.717, 1.165) is 11.1 Å².